The van der Waals surface area contributed by atoms with Gasteiger partial charge < -0.3 is 20.4 Å². The first-order valence-corrected chi connectivity index (χ1v) is 10.3. The molecule has 0 saturated heterocycles. The molecule has 0 bridgehead atoms. The van der Waals surface area contributed by atoms with E-state index < -0.39 is 11.7 Å². The first-order chi connectivity index (χ1) is 15.8. The number of aromatic amines is 1. The summed E-state index contributed by atoms with van der Waals surface area (Å²) in [6, 6.07) is 9.15. The smallest absolute Gasteiger partial charge is 0.408 e. The number of ether oxygens (including phenoxy) is 1. The van der Waals surface area contributed by atoms with E-state index in [-0.39, 0.29) is 12.5 Å². The van der Waals surface area contributed by atoms with Gasteiger partial charge >= 0.3 is 6.09 Å². The quantitative estimate of drug-likeness (QED) is 0.426. The van der Waals surface area contributed by atoms with Gasteiger partial charge in [-0.05, 0) is 51.1 Å². The number of amides is 2. The molecule has 4 aromatic rings. The second-order valence-corrected chi connectivity index (χ2v) is 8.25. The Hall–Kier alpha value is -4.34. The van der Waals surface area contributed by atoms with E-state index in [0.717, 1.165) is 22.4 Å². The van der Waals surface area contributed by atoms with Gasteiger partial charge in [-0.15, -0.1) is 0 Å². The fourth-order valence-corrected chi connectivity index (χ4v) is 2.97. The van der Waals surface area contributed by atoms with Gasteiger partial charge in [0.25, 0.3) is 5.91 Å². The molecule has 0 fully saturated rings. The maximum absolute atomic E-state index is 12.6. The van der Waals surface area contributed by atoms with E-state index in [1.165, 1.54) is 12.4 Å². The van der Waals surface area contributed by atoms with Gasteiger partial charge in [0.15, 0.2) is 0 Å². The van der Waals surface area contributed by atoms with Gasteiger partial charge in [0.2, 0.25) is 0 Å². The number of H-pyrrole nitrogens is 1. The van der Waals surface area contributed by atoms with Crippen LogP contribution < -0.4 is 10.6 Å². The first-order valence-electron chi connectivity index (χ1n) is 10.3. The Morgan fingerprint density at radius 1 is 1.06 bits per heavy atom. The summed E-state index contributed by atoms with van der Waals surface area (Å²) in [6.45, 7) is 5.43. The molecule has 3 aromatic heterocycles. The molecule has 2 amide bonds. The molecule has 0 spiro atoms. The Balaban J connectivity index is 1.39. The third kappa shape index (κ3) is 5.67. The SMILES string of the molecule is CC(C)(C)OC(=O)NCc1ncc(C(=O)Nc2ccc3nc(-c4ccncc4)[nH]c3c2)cn1. The summed E-state index contributed by atoms with van der Waals surface area (Å²) < 4.78 is 5.17. The van der Waals surface area contributed by atoms with Crippen LogP contribution >= 0.6 is 0 Å². The minimum absolute atomic E-state index is 0.0904. The van der Waals surface area contributed by atoms with Gasteiger partial charge in [-0.2, -0.15) is 0 Å². The largest absolute Gasteiger partial charge is 0.444 e. The molecule has 0 unspecified atom stereocenters. The molecule has 3 N–H and O–H groups in total. The van der Waals surface area contributed by atoms with Gasteiger partial charge in [-0.3, -0.25) is 9.78 Å². The Kier molecular flexibility index (Phi) is 5.99. The van der Waals surface area contributed by atoms with Crippen molar-refractivity contribution in [1.29, 1.82) is 0 Å². The highest BCUT2D eigenvalue weighted by molar-refractivity contribution is 6.04. The number of anilines is 1. The van der Waals surface area contributed by atoms with Crippen molar-refractivity contribution in [2.45, 2.75) is 32.9 Å². The lowest BCUT2D eigenvalue weighted by Crippen LogP contribution is -2.32. The molecule has 0 saturated carbocycles. The van der Waals surface area contributed by atoms with E-state index >= 15 is 0 Å². The Labute approximate surface area is 189 Å². The fraction of sp³-hybridized carbons (Fsp3) is 0.217. The van der Waals surface area contributed by atoms with Crippen molar-refractivity contribution >= 4 is 28.7 Å². The van der Waals surface area contributed by atoms with Crippen molar-refractivity contribution in [1.82, 2.24) is 30.2 Å². The van der Waals surface area contributed by atoms with Gasteiger partial charge in [0.05, 0.1) is 23.1 Å². The molecule has 0 radical (unpaired) electrons. The van der Waals surface area contributed by atoms with Crippen LogP contribution in [-0.2, 0) is 11.3 Å². The fourth-order valence-electron chi connectivity index (χ4n) is 2.97. The molecule has 0 aliphatic carbocycles. The van der Waals surface area contributed by atoms with Crippen LogP contribution in [0.15, 0.2) is 55.1 Å². The molecule has 33 heavy (non-hydrogen) atoms. The Morgan fingerprint density at radius 2 is 1.79 bits per heavy atom. The van der Waals surface area contributed by atoms with Crippen LogP contribution in [0.3, 0.4) is 0 Å². The van der Waals surface area contributed by atoms with Gasteiger partial charge in [0.1, 0.15) is 17.2 Å². The van der Waals surface area contributed by atoms with Crippen molar-refractivity contribution in [2.75, 3.05) is 5.32 Å². The average Bonchev–Trinajstić information content (AvgIpc) is 3.21. The van der Waals surface area contributed by atoms with Crippen molar-refractivity contribution in [3.63, 3.8) is 0 Å². The molecule has 0 aliphatic heterocycles. The third-order valence-electron chi connectivity index (χ3n) is 4.45. The molecule has 4 rings (SSSR count). The minimum Gasteiger partial charge on any atom is -0.444 e. The molecule has 0 aliphatic rings. The number of rotatable bonds is 5. The summed E-state index contributed by atoms with van der Waals surface area (Å²) in [5.41, 5.74) is 2.80. The molecule has 3 heterocycles. The second kappa shape index (κ2) is 9.03. The summed E-state index contributed by atoms with van der Waals surface area (Å²) in [6.07, 6.45) is 5.66. The van der Waals surface area contributed by atoms with Gasteiger partial charge in [-0.1, -0.05) is 0 Å². The molecule has 168 valence electrons. The summed E-state index contributed by atoms with van der Waals surface area (Å²) in [4.78, 5) is 44.4. The molecule has 0 atom stereocenters. The van der Waals surface area contributed by atoms with E-state index in [2.05, 4.69) is 35.6 Å². The van der Waals surface area contributed by atoms with E-state index in [1.807, 2.05) is 24.3 Å². The van der Waals surface area contributed by atoms with Gasteiger partial charge in [0, 0.05) is 36.0 Å². The highest BCUT2D eigenvalue weighted by Gasteiger charge is 2.16. The summed E-state index contributed by atoms with van der Waals surface area (Å²) >= 11 is 0. The maximum Gasteiger partial charge on any atom is 0.408 e. The number of hydrogen-bond donors (Lipinski definition) is 3. The number of carbonyl (C=O) groups excluding carboxylic acids is 2. The number of alkyl carbamates (subject to hydrolysis) is 1. The van der Waals surface area contributed by atoms with Crippen LogP contribution in [0.25, 0.3) is 22.4 Å². The summed E-state index contributed by atoms with van der Waals surface area (Å²) in [5, 5.41) is 5.40. The molecule has 10 nitrogen and oxygen atoms in total. The highest BCUT2D eigenvalue weighted by atomic mass is 16.6. The van der Waals surface area contributed by atoms with E-state index in [9.17, 15) is 9.59 Å². The van der Waals surface area contributed by atoms with E-state index in [0.29, 0.717) is 17.1 Å². The van der Waals surface area contributed by atoms with Crippen LogP contribution in [0.1, 0.15) is 37.0 Å². The summed E-state index contributed by atoms with van der Waals surface area (Å²) in [5.74, 6) is 0.731. The van der Waals surface area contributed by atoms with Crippen molar-refractivity contribution in [3.05, 3.63) is 66.5 Å². The number of nitrogens with one attached hydrogen (secondary N) is 3. The minimum atomic E-state index is -0.591. The zero-order valence-electron chi connectivity index (χ0n) is 18.4. The monoisotopic (exact) mass is 445 g/mol. The summed E-state index contributed by atoms with van der Waals surface area (Å²) in [7, 11) is 0. The van der Waals surface area contributed by atoms with Crippen LogP contribution in [0.5, 0.6) is 0 Å². The Morgan fingerprint density at radius 3 is 2.48 bits per heavy atom. The second-order valence-electron chi connectivity index (χ2n) is 8.25. The lowest BCUT2D eigenvalue weighted by Gasteiger charge is -2.19. The van der Waals surface area contributed by atoms with Crippen molar-refractivity contribution in [2.24, 2.45) is 0 Å². The zero-order valence-corrected chi connectivity index (χ0v) is 18.4. The standard InChI is InChI=1S/C23H23N7O3/c1-23(2,3)33-22(32)27-13-19-25-11-15(12-26-19)21(31)28-16-4-5-17-18(10-16)30-20(29-17)14-6-8-24-9-7-14/h4-12H,13H2,1-3H3,(H,27,32)(H,28,31)(H,29,30). The molecule has 10 heteroatoms. The first kappa shape index (κ1) is 21.9. The van der Waals surface area contributed by atoms with Gasteiger partial charge in [-0.25, -0.2) is 19.7 Å². The van der Waals surface area contributed by atoms with E-state index in [1.54, 1.807) is 39.2 Å². The molecular weight excluding hydrogens is 422 g/mol. The van der Waals surface area contributed by atoms with Crippen molar-refractivity contribution < 1.29 is 14.3 Å². The number of aromatic nitrogens is 5. The number of benzene rings is 1. The predicted molar refractivity (Wildman–Crippen MR) is 122 cm³/mol. The average molecular weight is 445 g/mol. The molecular formula is C23H23N7O3. The maximum atomic E-state index is 12.6. The number of carbonyl (C=O) groups is 2. The predicted octanol–water partition coefficient (Wildman–Crippen LogP) is 3.69. The molecule has 1 aromatic carbocycles. The number of fused-ring (bicyclic) bond motifs is 1. The van der Waals surface area contributed by atoms with E-state index in [4.69, 9.17) is 4.74 Å². The normalized spacial score (nSPS) is 11.2. The lowest BCUT2D eigenvalue weighted by atomic mass is 10.2. The Bertz CT molecular complexity index is 1280. The van der Waals surface area contributed by atoms with Crippen LogP contribution in [0.4, 0.5) is 10.5 Å². The van der Waals surface area contributed by atoms with Crippen LogP contribution in [0, 0.1) is 0 Å². The highest BCUT2D eigenvalue weighted by Crippen LogP contribution is 2.22. The lowest BCUT2D eigenvalue weighted by molar-refractivity contribution is 0.0522. The van der Waals surface area contributed by atoms with Crippen LogP contribution in [-0.4, -0.2) is 42.5 Å². The van der Waals surface area contributed by atoms with Crippen LogP contribution in [0.2, 0.25) is 0 Å². The zero-order chi connectivity index (χ0) is 23.4. The number of nitrogens with zero attached hydrogens (tertiary/aromatic N) is 4. The number of pyridine rings is 1. The number of imidazole rings is 1. The number of hydrogen-bond acceptors (Lipinski definition) is 7. The van der Waals surface area contributed by atoms with Crippen molar-refractivity contribution in [3.8, 4) is 11.4 Å². The topological polar surface area (TPSA) is 135 Å². The third-order valence-corrected chi connectivity index (χ3v) is 4.45.